The van der Waals surface area contributed by atoms with Gasteiger partial charge in [-0.05, 0) is 49.2 Å². The van der Waals surface area contributed by atoms with Crippen LogP contribution in [0.25, 0.3) is 0 Å². The smallest absolute Gasteiger partial charge is 0.261 e. The van der Waals surface area contributed by atoms with E-state index in [9.17, 15) is 9.59 Å². The van der Waals surface area contributed by atoms with E-state index in [0.717, 1.165) is 17.7 Å². The molecule has 0 bridgehead atoms. The summed E-state index contributed by atoms with van der Waals surface area (Å²) >= 11 is 5.96. The Morgan fingerprint density at radius 1 is 1.14 bits per heavy atom. The van der Waals surface area contributed by atoms with Crippen LogP contribution in [0.2, 0.25) is 5.02 Å². The minimum Gasteiger partial charge on any atom is -0.497 e. The number of carbonyl (C=O) groups excluding carboxylic acids is 2. The number of hydrogen-bond donors (Lipinski definition) is 1. The van der Waals surface area contributed by atoms with Crippen LogP contribution in [0.5, 0.6) is 11.5 Å². The highest BCUT2D eigenvalue weighted by Crippen LogP contribution is 2.18. The average molecular weight is 419 g/mol. The average Bonchev–Trinajstić information content (AvgIpc) is 2.74. The molecule has 2 aromatic rings. The molecule has 0 fully saturated rings. The monoisotopic (exact) mass is 418 g/mol. The zero-order valence-electron chi connectivity index (χ0n) is 17.0. The van der Waals surface area contributed by atoms with Gasteiger partial charge in [0.25, 0.3) is 5.91 Å². The molecule has 0 aliphatic rings. The van der Waals surface area contributed by atoms with Gasteiger partial charge in [0.1, 0.15) is 17.5 Å². The van der Waals surface area contributed by atoms with E-state index in [0.29, 0.717) is 17.3 Å². The predicted octanol–water partition coefficient (Wildman–Crippen LogP) is 3.67. The Morgan fingerprint density at radius 2 is 1.86 bits per heavy atom. The van der Waals surface area contributed by atoms with Crippen molar-refractivity contribution in [2.24, 2.45) is 0 Å². The van der Waals surface area contributed by atoms with Crippen LogP contribution in [0.1, 0.15) is 25.8 Å². The molecule has 0 aliphatic heterocycles. The number of nitrogens with one attached hydrogen (secondary N) is 1. The van der Waals surface area contributed by atoms with Crippen LogP contribution in [0.15, 0.2) is 48.5 Å². The Balaban J connectivity index is 2.12. The third-order valence-corrected chi connectivity index (χ3v) is 4.62. The van der Waals surface area contributed by atoms with Crippen LogP contribution in [-0.4, -0.2) is 43.0 Å². The molecule has 1 atom stereocenters. The zero-order chi connectivity index (χ0) is 21.2. The molecule has 0 aliphatic carbocycles. The minimum absolute atomic E-state index is 0.193. The molecule has 0 heterocycles. The van der Waals surface area contributed by atoms with E-state index in [4.69, 9.17) is 21.1 Å². The second-order valence-electron chi connectivity index (χ2n) is 6.58. The summed E-state index contributed by atoms with van der Waals surface area (Å²) in [6.45, 7) is 4.34. The molecule has 0 saturated heterocycles. The molecular formula is C22H27ClN2O4. The van der Waals surface area contributed by atoms with Crippen molar-refractivity contribution in [1.82, 2.24) is 10.2 Å². The summed E-state index contributed by atoms with van der Waals surface area (Å²) in [5.74, 6) is 0.736. The molecule has 6 nitrogen and oxygen atoms in total. The highest BCUT2D eigenvalue weighted by atomic mass is 35.5. The normalized spacial score (nSPS) is 11.4. The Bertz CT molecular complexity index is 811. The molecular weight excluding hydrogens is 392 g/mol. The summed E-state index contributed by atoms with van der Waals surface area (Å²) in [5, 5.41) is 3.37. The molecule has 156 valence electrons. The first-order valence-electron chi connectivity index (χ1n) is 9.53. The van der Waals surface area contributed by atoms with Gasteiger partial charge in [0.05, 0.1) is 7.11 Å². The topological polar surface area (TPSA) is 67.9 Å². The number of carbonyl (C=O) groups is 2. The molecule has 0 spiro atoms. The van der Waals surface area contributed by atoms with E-state index in [-0.39, 0.29) is 25.0 Å². The van der Waals surface area contributed by atoms with Gasteiger partial charge in [0, 0.05) is 18.1 Å². The number of ether oxygens (including phenoxy) is 2. The number of hydrogen-bond acceptors (Lipinski definition) is 4. The first-order chi connectivity index (χ1) is 13.9. The van der Waals surface area contributed by atoms with Crippen molar-refractivity contribution in [3.63, 3.8) is 0 Å². The van der Waals surface area contributed by atoms with E-state index in [1.54, 1.807) is 38.3 Å². The van der Waals surface area contributed by atoms with Crippen LogP contribution in [0, 0.1) is 0 Å². The summed E-state index contributed by atoms with van der Waals surface area (Å²) in [7, 11) is 1.60. The van der Waals surface area contributed by atoms with Gasteiger partial charge in [0.2, 0.25) is 5.91 Å². The maximum Gasteiger partial charge on any atom is 0.261 e. The molecule has 0 saturated carbocycles. The Kier molecular flexibility index (Phi) is 8.80. The number of halogens is 1. The lowest BCUT2D eigenvalue weighted by Gasteiger charge is -2.28. The molecule has 2 rings (SSSR count). The van der Waals surface area contributed by atoms with Gasteiger partial charge >= 0.3 is 0 Å². The number of rotatable bonds is 10. The second kappa shape index (κ2) is 11.3. The molecule has 1 unspecified atom stereocenters. The first kappa shape index (κ1) is 22.6. The van der Waals surface area contributed by atoms with Gasteiger partial charge in [-0.2, -0.15) is 0 Å². The van der Waals surface area contributed by atoms with Gasteiger partial charge in [-0.1, -0.05) is 36.7 Å². The van der Waals surface area contributed by atoms with Gasteiger partial charge in [-0.3, -0.25) is 9.59 Å². The van der Waals surface area contributed by atoms with Gasteiger partial charge in [0.15, 0.2) is 6.61 Å². The van der Waals surface area contributed by atoms with Crippen molar-refractivity contribution in [1.29, 1.82) is 0 Å². The van der Waals surface area contributed by atoms with Crippen LogP contribution in [-0.2, 0) is 16.1 Å². The molecule has 2 aromatic carbocycles. The van der Waals surface area contributed by atoms with Crippen LogP contribution < -0.4 is 14.8 Å². The van der Waals surface area contributed by atoms with Crippen molar-refractivity contribution >= 4 is 23.4 Å². The fourth-order valence-electron chi connectivity index (χ4n) is 2.69. The van der Waals surface area contributed by atoms with E-state index in [1.807, 2.05) is 31.2 Å². The zero-order valence-corrected chi connectivity index (χ0v) is 17.7. The molecule has 7 heteroatoms. The summed E-state index contributed by atoms with van der Waals surface area (Å²) in [6, 6.07) is 13.6. The largest absolute Gasteiger partial charge is 0.497 e. The quantitative estimate of drug-likeness (QED) is 0.639. The summed E-state index contributed by atoms with van der Waals surface area (Å²) in [4.78, 5) is 26.9. The Morgan fingerprint density at radius 3 is 2.48 bits per heavy atom. The molecule has 0 radical (unpaired) electrons. The van der Waals surface area contributed by atoms with Crippen molar-refractivity contribution < 1.29 is 19.1 Å². The number of methoxy groups -OCH3 is 1. The first-order valence-corrected chi connectivity index (χ1v) is 9.90. The summed E-state index contributed by atoms with van der Waals surface area (Å²) < 4.78 is 10.8. The van der Waals surface area contributed by atoms with Crippen LogP contribution in [0.4, 0.5) is 0 Å². The van der Waals surface area contributed by atoms with E-state index in [1.165, 1.54) is 4.90 Å². The lowest BCUT2D eigenvalue weighted by atomic mass is 10.1. The van der Waals surface area contributed by atoms with E-state index < -0.39 is 6.04 Å². The van der Waals surface area contributed by atoms with E-state index in [2.05, 4.69) is 5.32 Å². The Labute approximate surface area is 176 Å². The lowest BCUT2D eigenvalue weighted by Crippen LogP contribution is -2.49. The lowest BCUT2D eigenvalue weighted by molar-refractivity contribution is -0.142. The van der Waals surface area contributed by atoms with Crippen molar-refractivity contribution in [2.45, 2.75) is 32.9 Å². The Hall–Kier alpha value is -2.73. The highest BCUT2D eigenvalue weighted by molar-refractivity contribution is 6.30. The van der Waals surface area contributed by atoms with Gasteiger partial charge in [-0.25, -0.2) is 0 Å². The maximum atomic E-state index is 12.9. The van der Waals surface area contributed by atoms with Gasteiger partial charge < -0.3 is 19.7 Å². The minimum atomic E-state index is -0.640. The molecule has 1 N–H and O–H groups in total. The fraction of sp³-hybridized carbons (Fsp3) is 0.364. The highest BCUT2D eigenvalue weighted by Gasteiger charge is 2.26. The maximum absolute atomic E-state index is 12.9. The third-order valence-electron chi connectivity index (χ3n) is 4.39. The van der Waals surface area contributed by atoms with Crippen LogP contribution >= 0.6 is 11.6 Å². The van der Waals surface area contributed by atoms with E-state index >= 15 is 0 Å². The summed E-state index contributed by atoms with van der Waals surface area (Å²) in [6.07, 6.45) is 0.822. The van der Waals surface area contributed by atoms with Crippen molar-refractivity contribution in [3.05, 3.63) is 59.1 Å². The SMILES string of the molecule is CCCNC(=O)C(C)N(Cc1ccc(OC)cc1)C(=O)COc1cccc(Cl)c1. The molecule has 2 amide bonds. The van der Waals surface area contributed by atoms with Crippen molar-refractivity contribution in [3.8, 4) is 11.5 Å². The fourth-order valence-corrected chi connectivity index (χ4v) is 2.87. The number of nitrogens with zero attached hydrogens (tertiary/aromatic N) is 1. The number of amides is 2. The van der Waals surface area contributed by atoms with Crippen molar-refractivity contribution in [2.75, 3.05) is 20.3 Å². The standard InChI is InChI=1S/C22H27ClN2O4/c1-4-12-24-22(27)16(2)25(14-17-8-10-19(28-3)11-9-17)21(26)15-29-20-7-5-6-18(23)13-20/h5-11,13,16H,4,12,14-15H2,1-3H3,(H,24,27). The van der Waals surface area contributed by atoms with Crippen LogP contribution in [0.3, 0.4) is 0 Å². The predicted molar refractivity (Wildman–Crippen MR) is 113 cm³/mol. The molecule has 0 aromatic heterocycles. The summed E-state index contributed by atoms with van der Waals surface area (Å²) in [5.41, 5.74) is 0.886. The number of benzene rings is 2. The van der Waals surface area contributed by atoms with Gasteiger partial charge in [-0.15, -0.1) is 0 Å². The molecule has 29 heavy (non-hydrogen) atoms. The third kappa shape index (κ3) is 6.98. The second-order valence-corrected chi connectivity index (χ2v) is 7.02.